The molecule has 114 valence electrons. The molecule has 1 aromatic rings. The molecule has 0 saturated heterocycles. The largest absolute Gasteiger partial charge is 0.490 e. The van der Waals surface area contributed by atoms with Crippen molar-refractivity contribution in [1.82, 2.24) is 5.32 Å². The lowest BCUT2D eigenvalue weighted by molar-refractivity contribution is 0.199. The maximum Gasteiger partial charge on any atom is 0.119 e. The fourth-order valence-corrected chi connectivity index (χ4v) is 3.04. The average Bonchev–Trinajstić information content (AvgIpc) is 2.82. The highest BCUT2D eigenvalue weighted by Gasteiger charge is 2.40. The topological polar surface area (TPSA) is 45.0 Å². The molecule has 0 radical (unpaired) electrons. The zero-order chi connectivity index (χ0) is 15.5. The van der Waals surface area contributed by atoms with Crippen LogP contribution in [0.1, 0.15) is 58.4 Å². The normalized spacial score (nSPS) is 25.3. The molecule has 1 N–H and O–H groups in total. The third-order valence-electron chi connectivity index (χ3n) is 4.10. The predicted molar refractivity (Wildman–Crippen MR) is 85.4 cm³/mol. The number of hydrogen-bond donors (Lipinski definition) is 1. The van der Waals surface area contributed by atoms with Crippen LogP contribution in [0.5, 0.6) is 5.75 Å². The van der Waals surface area contributed by atoms with Crippen LogP contribution >= 0.6 is 0 Å². The van der Waals surface area contributed by atoms with E-state index in [1.807, 2.05) is 12.1 Å². The van der Waals surface area contributed by atoms with Crippen molar-refractivity contribution in [2.75, 3.05) is 0 Å². The van der Waals surface area contributed by atoms with E-state index in [1.165, 1.54) is 5.56 Å². The molecule has 21 heavy (non-hydrogen) atoms. The number of nitrogens with one attached hydrogen (secondary N) is 1. The summed E-state index contributed by atoms with van der Waals surface area (Å²) in [6, 6.07) is 11.1. The monoisotopic (exact) mass is 286 g/mol. The van der Waals surface area contributed by atoms with E-state index in [-0.39, 0.29) is 6.10 Å². The Hall–Kier alpha value is -1.53. The lowest BCUT2D eigenvalue weighted by Gasteiger charge is -2.25. The van der Waals surface area contributed by atoms with Gasteiger partial charge in [0.05, 0.1) is 6.07 Å². The Labute approximate surface area is 128 Å². The van der Waals surface area contributed by atoms with Gasteiger partial charge in [0, 0.05) is 12.5 Å². The number of rotatable bonds is 5. The van der Waals surface area contributed by atoms with Crippen molar-refractivity contribution in [2.45, 2.75) is 70.6 Å². The molecule has 1 saturated carbocycles. The van der Waals surface area contributed by atoms with Crippen LogP contribution in [0.2, 0.25) is 0 Å². The van der Waals surface area contributed by atoms with E-state index in [1.54, 1.807) is 0 Å². The summed E-state index contributed by atoms with van der Waals surface area (Å²) in [6.45, 7) is 8.53. The van der Waals surface area contributed by atoms with E-state index in [2.05, 4.69) is 51.2 Å². The standard InChI is InChI=1S/C18H26N2O/c1-13(2)15-5-7-16(8-6-15)21-17-9-10-18(11-17,12-19)20-14(3)4/h5-8,13-14,17,20H,9-11H2,1-4H3. The summed E-state index contributed by atoms with van der Waals surface area (Å²) >= 11 is 0. The van der Waals surface area contributed by atoms with Crippen molar-refractivity contribution in [2.24, 2.45) is 0 Å². The van der Waals surface area contributed by atoms with Crippen LogP contribution in [0, 0.1) is 11.3 Å². The molecule has 2 unspecified atom stereocenters. The SMILES string of the molecule is CC(C)NC1(C#N)CCC(Oc2ccc(C(C)C)cc2)C1. The smallest absolute Gasteiger partial charge is 0.119 e. The maximum atomic E-state index is 9.48. The van der Waals surface area contributed by atoms with Crippen LogP contribution < -0.4 is 10.1 Å². The zero-order valence-electron chi connectivity index (χ0n) is 13.5. The van der Waals surface area contributed by atoms with Gasteiger partial charge in [-0.1, -0.05) is 26.0 Å². The Morgan fingerprint density at radius 2 is 1.90 bits per heavy atom. The third kappa shape index (κ3) is 3.98. The van der Waals surface area contributed by atoms with E-state index in [9.17, 15) is 5.26 Å². The quantitative estimate of drug-likeness (QED) is 0.889. The molecule has 0 aliphatic heterocycles. The van der Waals surface area contributed by atoms with Gasteiger partial charge in [-0.3, -0.25) is 5.32 Å². The Morgan fingerprint density at radius 3 is 2.43 bits per heavy atom. The lowest BCUT2D eigenvalue weighted by atomic mass is 9.98. The number of nitriles is 1. The molecule has 0 spiro atoms. The van der Waals surface area contributed by atoms with Crippen molar-refractivity contribution in [1.29, 1.82) is 5.26 Å². The molecule has 0 aromatic heterocycles. The molecule has 3 nitrogen and oxygen atoms in total. The summed E-state index contributed by atoms with van der Waals surface area (Å²) < 4.78 is 6.06. The number of hydrogen-bond acceptors (Lipinski definition) is 3. The Morgan fingerprint density at radius 1 is 1.24 bits per heavy atom. The average molecular weight is 286 g/mol. The first-order chi connectivity index (χ1) is 9.94. The zero-order valence-corrected chi connectivity index (χ0v) is 13.5. The van der Waals surface area contributed by atoms with Gasteiger partial charge in [-0.25, -0.2) is 0 Å². The van der Waals surface area contributed by atoms with Crippen molar-refractivity contribution in [3.8, 4) is 11.8 Å². The van der Waals surface area contributed by atoms with E-state index in [4.69, 9.17) is 4.74 Å². The summed E-state index contributed by atoms with van der Waals surface area (Å²) in [5, 5.41) is 12.9. The number of ether oxygens (including phenoxy) is 1. The predicted octanol–water partition coefficient (Wildman–Crippen LogP) is 4.00. The second-order valence-electron chi connectivity index (χ2n) is 6.70. The molecule has 3 heteroatoms. The first-order valence-corrected chi connectivity index (χ1v) is 7.90. The molecule has 0 amide bonds. The molecule has 1 fully saturated rings. The minimum atomic E-state index is -0.420. The molecule has 0 heterocycles. The van der Waals surface area contributed by atoms with Crippen LogP contribution in [0.25, 0.3) is 0 Å². The molecule has 0 bridgehead atoms. The van der Waals surface area contributed by atoms with E-state index in [0.717, 1.165) is 25.0 Å². The van der Waals surface area contributed by atoms with Crippen LogP contribution in [-0.4, -0.2) is 17.7 Å². The first-order valence-electron chi connectivity index (χ1n) is 7.90. The van der Waals surface area contributed by atoms with Gasteiger partial charge in [-0.05, 0) is 50.3 Å². The fraction of sp³-hybridized carbons (Fsp3) is 0.611. The highest BCUT2D eigenvalue weighted by molar-refractivity contribution is 5.29. The summed E-state index contributed by atoms with van der Waals surface area (Å²) in [4.78, 5) is 0. The van der Waals surface area contributed by atoms with Gasteiger partial charge < -0.3 is 4.74 Å². The van der Waals surface area contributed by atoms with Crippen molar-refractivity contribution >= 4 is 0 Å². The number of nitrogens with zero attached hydrogens (tertiary/aromatic N) is 1. The molecular weight excluding hydrogens is 260 g/mol. The Bertz CT molecular complexity index is 501. The fourth-order valence-electron chi connectivity index (χ4n) is 3.04. The lowest BCUT2D eigenvalue weighted by Crippen LogP contribution is -2.46. The second kappa shape index (κ2) is 6.49. The van der Waals surface area contributed by atoms with Gasteiger partial charge in [0.2, 0.25) is 0 Å². The summed E-state index contributed by atoms with van der Waals surface area (Å²) in [5.41, 5.74) is 0.901. The van der Waals surface area contributed by atoms with E-state index >= 15 is 0 Å². The number of benzene rings is 1. The van der Waals surface area contributed by atoms with Crippen molar-refractivity contribution in [3.63, 3.8) is 0 Å². The molecule has 1 aromatic carbocycles. The highest BCUT2D eigenvalue weighted by Crippen LogP contribution is 2.33. The molecular formula is C18H26N2O. The summed E-state index contributed by atoms with van der Waals surface area (Å²) in [5.74, 6) is 1.44. The molecule has 2 rings (SSSR count). The van der Waals surface area contributed by atoms with Gasteiger partial charge in [-0.2, -0.15) is 5.26 Å². The van der Waals surface area contributed by atoms with Crippen LogP contribution in [0.4, 0.5) is 0 Å². The minimum Gasteiger partial charge on any atom is -0.490 e. The van der Waals surface area contributed by atoms with E-state index in [0.29, 0.717) is 12.0 Å². The first kappa shape index (κ1) is 15.9. The van der Waals surface area contributed by atoms with E-state index < -0.39 is 5.54 Å². The van der Waals surface area contributed by atoms with Crippen LogP contribution in [0.15, 0.2) is 24.3 Å². The van der Waals surface area contributed by atoms with Crippen LogP contribution in [0.3, 0.4) is 0 Å². The highest BCUT2D eigenvalue weighted by atomic mass is 16.5. The Balaban J connectivity index is 1.97. The van der Waals surface area contributed by atoms with Crippen molar-refractivity contribution < 1.29 is 4.74 Å². The molecule has 1 aliphatic rings. The van der Waals surface area contributed by atoms with Gasteiger partial charge in [0.25, 0.3) is 0 Å². The van der Waals surface area contributed by atoms with Gasteiger partial charge in [-0.15, -0.1) is 0 Å². The van der Waals surface area contributed by atoms with Gasteiger partial charge >= 0.3 is 0 Å². The van der Waals surface area contributed by atoms with Gasteiger partial charge in [0.1, 0.15) is 17.4 Å². The van der Waals surface area contributed by atoms with Crippen molar-refractivity contribution in [3.05, 3.63) is 29.8 Å². The second-order valence-corrected chi connectivity index (χ2v) is 6.70. The summed E-state index contributed by atoms with van der Waals surface area (Å²) in [7, 11) is 0. The van der Waals surface area contributed by atoms with Crippen LogP contribution in [-0.2, 0) is 0 Å². The minimum absolute atomic E-state index is 0.126. The maximum absolute atomic E-state index is 9.48. The summed E-state index contributed by atoms with van der Waals surface area (Å²) in [6.07, 6.45) is 2.67. The third-order valence-corrected chi connectivity index (χ3v) is 4.10. The van der Waals surface area contributed by atoms with Gasteiger partial charge in [0.15, 0.2) is 0 Å². The Kier molecular flexibility index (Phi) is 4.90. The molecule has 2 atom stereocenters. The molecule has 1 aliphatic carbocycles.